The Balaban J connectivity index is 1.69. The molecule has 0 heterocycles. The van der Waals surface area contributed by atoms with Gasteiger partial charge in [-0.3, -0.25) is 0 Å². The second kappa shape index (κ2) is 14.5. The number of benzene rings is 3. The van der Waals surface area contributed by atoms with E-state index in [0.29, 0.717) is 18.8 Å². The van der Waals surface area contributed by atoms with E-state index in [-0.39, 0.29) is 26.4 Å². The van der Waals surface area contributed by atoms with E-state index < -0.39 is 18.3 Å². The summed E-state index contributed by atoms with van der Waals surface area (Å²) in [5.41, 5.74) is 1.48. The molecule has 6 nitrogen and oxygen atoms in total. The SMILES string of the molecule is OC[C@@H](O)[C@](O)(COCc1ccccc1)/C(=C/COCc1ccccc1)COCc1ccccc1. The van der Waals surface area contributed by atoms with Crippen LogP contribution in [0.15, 0.2) is 103 Å². The topological polar surface area (TPSA) is 88.4 Å². The number of hydrogen-bond donors (Lipinski definition) is 3. The Morgan fingerprint density at radius 2 is 1.17 bits per heavy atom. The number of hydrogen-bond acceptors (Lipinski definition) is 6. The highest BCUT2D eigenvalue weighted by Crippen LogP contribution is 2.24. The normalized spacial score (nSPS) is 14.4. The van der Waals surface area contributed by atoms with Crippen molar-refractivity contribution in [1.82, 2.24) is 0 Å². The monoisotopic (exact) mass is 478 g/mol. The predicted molar refractivity (Wildman–Crippen MR) is 134 cm³/mol. The molecule has 3 aromatic carbocycles. The third kappa shape index (κ3) is 8.71. The van der Waals surface area contributed by atoms with E-state index >= 15 is 0 Å². The molecule has 186 valence electrons. The van der Waals surface area contributed by atoms with Crippen LogP contribution < -0.4 is 0 Å². The summed E-state index contributed by atoms with van der Waals surface area (Å²) in [5.74, 6) is 0. The first-order valence-corrected chi connectivity index (χ1v) is 11.7. The second-order valence-electron chi connectivity index (χ2n) is 8.31. The Morgan fingerprint density at radius 1 is 0.714 bits per heavy atom. The number of rotatable bonds is 15. The lowest BCUT2D eigenvalue weighted by molar-refractivity contribution is -0.120. The molecular formula is C29H34O6. The van der Waals surface area contributed by atoms with E-state index in [1.807, 2.05) is 91.0 Å². The summed E-state index contributed by atoms with van der Waals surface area (Å²) in [5, 5.41) is 31.8. The van der Waals surface area contributed by atoms with Crippen molar-refractivity contribution in [2.75, 3.05) is 26.4 Å². The van der Waals surface area contributed by atoms with Crippen molar-refractivity contribution in [1.29, 1.82) is 0 Å². The molecule has 2 atom stereocenters. The maximum atomic E-state index is 11.5. The standard InChI is InChI=1S/C29H34O6/c30-18-28(31)29(32,23-35-21-26-14-8-3-9-15-26)27(22-34-20-25-12-6-2-7-13-25)16-17-33-19-24-10-4-1-5-11-24/h1-16,28,30-32H,17-23H2/b27-16+/t28-,29+/m1/s1. The second-order valence-corrected chi connectivity index (χ2v) is 8.31. The van der Waals surface area contributed by atoms with Crippen LogP contribution in [0, 0.1) is 0 Å². The number of ether oxygens (including phenoxy) is 3. The summed E-state index contributed by atoms with van der Waals surface area (Å²) in [7, 11) is 0. The minimum absolute atomic E-state index is 0.0336. The minimum Gasteiger partial charge on any atom is -0.394 e. The average Bonchev–Trinajstić information content (AvgIpc) is 2.91. The van der Waals surface area contributed by atoms with Crippen molar-refractivity contribution in [2.45, 2.75) is 31.5 Å². The zero-order chi connectivity index (χ0) is 24.8. The summed E-state index contributed by atoms with van der Waals surface area (Å²) in [6.07, 6.45) is 0.234. The van der Waals surface area contributed by atoms with Crippen molar-refractivity contribution < 1.29 is 29.5 Å². The molecule has 0 aliphatic heterocycles. The van der Waals surface area contributed by atoms with E-state index in [1.165, 1.54) is 0 Å². The Hall–Kier alpha value is -2.84. The van der Waals surface area contributed by atoms with Gasteiger partial charge in [-0.2, -0.15) is 0 Å². The fraction of sp³-hybridized carbons (Fsp3) is 0.310. The molecule has 0 spiro atoms. The molecule has 0 unspecified atom stereocenters. The van der Waals surface area contributed by atoms with Crippen LogP contribution in [-0.2, 0) is 34.0 Å². The molecule has 0 radical (unpaired) electrons. The molecule has 0 fully saturated rings. The summed E-state index contributed by atoms with van der Waals surface area (Å²) in [6.45, 7) is 0.364. The zero-order valence-corrected chi connectivity index (χ0v) is 19.8. The van der Waals surface area contributed by atoms with E-state index in [2.05, 4.69) is 0 Å². The van der Waals surface area contributed by atoms with Gasteiger partial charge in [-0.15, -0.1) is 0 Å². The molecule has 3 rings (SSSR count). The fourth-order valence-corrected chi connectivity index (χ4v) is 3.58. The Morgan fingerprint density at radius 3 is 1.66 bits per heavy atom. The lowest BCUT2D eigenvalue weighted by Crippen LogP contribution is -2.51. The van der Waals surface area contributed by atoms with Crippen LogP contribution in [0.3, 0.4) is 0 Å². The molecule has 0 bridgehead atoms. The van der Waals surface area contributed by atoms with Crippen molar-refractivity contribution >= 4 is 0 Å². The van der Waals surface area contributed by atoms with Crippen LogP contribution in [0.2, 0.25) is 0 Å². The first-order valence-electron chi connectivity index (χ1n) is 11.7. The smallest absolute Gasteiger partial charge is 0.139 e. The Kier molecular flexibility index (Phi) is 11.1. The van der Waals surface area contributed by atoms with Crippen molar-refractivity contribution in [2.24, 2.45) is 0 Å². The highest BCUT2D eigenvalue weighted by molar-refractivity contribution is 5.22. The summed E-state index contributed by atoms with van der Waals surface area (Å²) < 4.78 is 17.4. The number of aliphatic hydroxyl groups excluding tert-OH is 2. The van der Waals surface area contributed by atoms with E-state index in [4.69, 9.17) is 14.2 Å². The van der Waals surface area contributed by atoms with Crippen molar-refractivity contribution in [3.63, 3.8) is 0 Å². The van der Waals surface area contributed by atoms with Crippen LogP contribution in [0.5, 0.6) is 0 Å². The van der Waals surface area contributed by atoms with Gasteiger partial charge < -0.3 is 29.5 Å². The van der Waals surface area contributed by atoms with Gasteiger partial charge in [0.25, 0.3) is 0 Å². The van der Waals surface area contributed by atoms with Gasteiger partial charge in [-0.1, -0.05) is 97.1 Å². The first-order chi connectivity index (χ1) is 17.1. The largest absolute Gasteiger partial charge is 0.394 e. The molecule has 3 N–H and O–H groups in total. The minimum atomic E-state index is -1.85. The average molecular weight is 479 g/mol. The summed E-state index contributed by atoms with van der Waals surface area (Å²) in [4.78, 5) is 0. The van der Waals surface area contributed by atoms with Crippen LogP contribution in [-0.4, -0.2) is 53.5 Å². The maximum Gasteiger partial charge on any atom is 0.139 e. The molecule has 6 heteroatoms. The molecule has 0 saturated heterocycles. The zero-order valence-electron chi connectivity index (χ0n) is 19.8. The Labute approximate surface area is 207 Å². The summed E-state index contributed by atoms with van der Waals surface area (Å²) in [6, 6.07) is 29.0. The van der Waals surface area contributed by atoms with Gasteiger partial charge in [-0.05, 0) is 22.3 Å². The van der Waals surface area contributed by atoms with Gasteiger partial charge in [-0.25, -0.2) is 0 Å². The molecular weight excluding hydrogens is 444 g/mol. The van der Waals surface area contributed by atoms with Crippen LogP contribution in [0.1, 0.15) is 16.7 Å². The molecule has 3 aromatic rings. The van der Waals surface area contributed by atoms with Gasteiger partial charge in [0.05, 0.1) is 46.2 Å². The third-order valence-corrected chi connectivity index (χ3v) is 5.64. The van der Waals surface area contributed by atoms with Gasteiger partial charge >= 0.3 is 0 Å². The molecule has 0 aromatic heterocycles. The van der Waals surface area contributed by atoms with Crippen molar-refractivity contribution in [3.8, 4) is 0 Å². The van der Waals surface area contributed by atoms with E-state index in [9.17, 15) is 15.3 Å². The van der Waals surface area contributed by atoms with Crippen molar-refractivity contribution in [3.05, 3.63) is 119 Å². The molecule has 0 aliphatic carbocycles. The van der Waals surface area contributed by atoms with Gasteiger partial charge in [0.2, 0.25) is 0 Å². The highest BCUT2D eigenvalue weighted by atomic mass is 16.5. The molecule has 0 aliphatic rings. The van der Waals surface area contributed by atoms with Crippen LogP contribution in [0.25, 0.3) is 0 Å². The van der Waals surface area contributed by atoms with E-state index in [1.54, 1.807) is 6.08 Å². The lowest BCUT2D eigenvalue weighted by Gasteiger charge is -2.34. The summed E-state index contributed by atoms with van der Waals surface area (Å²) >= 11 is 0. The van der Waals surface area contributed by atoms with Gasteiger partial charge in [0, 0.05) is 0 Å². The Bertz CT molecular complexity index is 993. The quantitative estimate of drug-likeness (QED) is 0.228. The fourth-order valence-electron chi connectivity index (χ4n) is 3.58. The van der Waals surface area contributed by atoms with Gasteiger partial charge in [0.1, 0.15) is 11.7 Å². The van der Waals surface area contributed by atoms with Gasteiger partial charge in [0.15, 0.2) is 0 Å². The first kappa shape index (κ1) is 26.8. The van der Waals surface area contributed by atoms with Crippen LogP contribution >= 0.6 is 0 Å². The molecule has 35 heavy (non-hydrogen) atoms. The predicted octanol–water partition coefficient (Wildman–Crippen LogP) is 3.65. The molecule has 0 saturated carbocycles. The molecule has 0 amide bonds. The van der Waals surface area contributed by atoms with E-state index in [0.717, 1.165) is 16.7 Å². The highest BCUT2D eigenvalue weighted by Gasteiger charge is 2.39. The van der Waals surface area contributed by atoms with Crippen LogP contribution in [0.4, 0.5) is 0 Å². The third-order valence-electron chi connectivity index (χ3n) is 5.64. The maximum absolute atomic E-state index is 11.5. The number of aliphatic hydroxyl groups is 3. The lowest BCUT2D eigenvalue weighted by atomic mass is 9.88.